The van der Waals surface area contributed by atoms with Crippen molar-refractivity contribution in [1.29, 1.82) is 0 Å². The van der Waals surface area contributed by atoms with Gasteiger partial charge in [0.2, 0.25) is 0 Å². The fourth-order valence-electron chi connectivity index (χ4n) is 8.26. The molecule has 3 aliphatic rings. The molecule has 3 atom stereocenters. The van der Waals surface area contributed by atoms with Crippen molar-refractivity contribution in [3.63, 3.8) is 0 Å². The number of rotatable bonds is 10. The summed E-state index contributed by atoms with van der Waals surface area (Å²) in [5.74, 6) is 0.391. The maximum Gasteiger partial charge on any atom is 0.321 e. The molecule has 0 amide bonds. The Balaban J connectivity index is 1.13. The number of piperidine rings is 1. The highest BCUT2D eigenvalue weighted by Crippen LogP contribution is 2.39. The van der Waals surface area contributed by atoms with Crippen molar-refractivity contribution < 1.29 is 19.4 Å². The Bertz CT molecular complexity index is 1390. The quantitative estimate of drug-likeness (QED) is 0.285. The van der Waals surface area contributed by atoms with Crippen LogP contribution in [-0.4, -0.2) is 74.5 Å². The molecule has 0 radical (unpaired) electrons. The topological polar surface area (TPSA) is 81.8 Å². The zero-order valence-electron chi connectivity index (χ0n) is 26.0. The summed E-state index contributed by atoms with van der Waals surface area (Å²) < 4.78 is 16.5. The molecule has 1 saturated carbocycles. The predicted molar refractivity (Wildman–Crippen MR) is 169 cm³/mol. The van der Waals surface area contributed by atoms with E-state index in [9.17, 15) is 19.4 Å². The van der Waals surface area contributed by atoms with Crippen LogP contribution in [0.3, 0.4) is 0 Å². The van der Waals surface area contributed by atoms with Crippen molar-refractivity contribution in [3.8, 4) is 5.75 Å². The molecule has 2 saturated heterocycles. The molecule has 236 valence electrons. The summed E-state index contributed by atoms with van der Waals surface area (Å²) in [5, 5.41) is 24.9. The number of aromatic nitrogens is 2. The second-order valence-corrected chi connectivity index (χ2v) is 13.4. The maximum absolute atomic E-state index is 14.4. The van der Waals surface area contributed by atoms with Crippen LogP contribution in [0.5, 0.6) is 5.75 Å². The van der Waals surface area contributed by atoms with E-state index in [1.165, 1.54) is 18.2 Å². The third kappa shape index (κ3) is 7.02. The van der Waals surface area contributed by atoms with Crippen molar-refractivity contribution in [1.82, 2.24) is 19.6 Å². The van der Waals surface area contributed by atoms with E-state index in [1.54, 1.807) is 24.3 Å². The number of carboxylic acid groups (broad SMARTS) is 1. The minimum Gasteiger partial charge on any atom is -0.508 e. The predicted octanol–water partition coefficient (Wildman–Crippen LogP) is 6.27. The Morgan fingerprint density at radius 2 is 1.75 bits per heavy atom. The Morgan fingerprint density at radius 3 is 2.43 bits per heavy atom. The number of phenols is 1. The van der Waals surface area contributed by atoms with E-state index in [0.29, 0.717) is 12.5 Å². The SMILES string of the molecule is CCn1nc(Cc2ccc(O)cc2)cc1C1CCN(C[C@H]2CN([C@@H](C(=O)O)C3CCCCC3)C[C@@H]2c2cccc(F)c2)CC1. The van der Waals surface area contributed by atoms with Crippen LogP contribution >= 0.6 is 0 Å². The molecular weight excluding hydrogens is 555 g/mol. The van der Waals surface area contributed by atoms with Gasteiger partial charge >= 0.3 is 5.97 Å². The molecule has 6 rings (SSSR count). The Morgan fingerprint density at radius 1 is 1.00 bits per heavy atom. The summed E-state index contributed by atoms with van der Waals surface area (Å²) in [7, 11) is 0. The third-order valence-corrected chi connectivity index (χ3v) is 10.5. The van der Waals surface area contributed by atoms with E-state index in [1.807, 2.05) is 18.2 Å². The molecule has 3 aromatic rings. The number of nitrogens with zero attached hydrogens (tertiary/aromatic N) is 4. The van der Waals surface area contributed by atoms with Crippen molar-refractivity contribution in [2.45, 2.75) is 82.7 Å². The number of aliphatic carboxylic acids is 1. The number of carbonyl (C=O) groups is 1. The highest BCUT2D eigenvalue weighted by molar-refractivity contribution is 5.74. The van der Waals surface area contributed by atoms with Gasteiger partial charge in [0.25, 0.3) is 0 Å². The molecular formula is C36H47FN4O3. The van der Waals surface area contributed by atoms with Crippen LogP contribution in [0.1, 0.15) is 86.2 Å². The lowest BCUT2D eigenvalue weighted by molar-refractivity contribution is -0.145. The van der Waals surface area contributed by atoms with Crippen LogP contribution in [0, 0.1) is 17.7 Å². The van der Waals surface area contributed by atoms with E-state index in [2.05, 4.69) is 27.5 Å². The van der Waals surface area contributed by atoms with Crippen LogP contribution in [0.25, 0.3) is 0 Å². The van der Waals surface area contributed by atoms with Gasteiger partial charge in [-0.15, -0.1) is 0 Å². The highest BCUT2D eigenvalue weighted by Gasteiger charge is 2.43. The minimum absolute atomic E-state index is 0.123. The normalized spacial score (nSPS) is 23.2. The third-order valence-electron chi connectivity index (χ3n) is 10.5. The first-order chi connectivity index (χ1) is 21.4. The van der Waals surface area contributed by atoms with Crippen LogP contribution in [-0.2, 0) is 17.8 Å². The van der Waals surface area contributed by atoms with Gasteiger partial charge in [-0.2, -0.15) is 5.10 Å². The molecule has 2 aliphatic heterocycles. The number of hydrogen-bond acceptors (Lipinski definition) is 5. The molecule has 0 bridgehead atoms. The van der Waals surface area contributed by atoms with Crippen LogP contribution < -0.4 is 0 Å². The minimum atomic E-state index is -0.700. The van der Waals surface area contributed by atoms with Gasteiger partial charge in [0.1, 0.15) is 17.6 Å². The largest absolute Gasteiger partial charge is 0.508 e. The van der Waals surface area contributed by atoms with Gasteiger partial charge in [-0.3, -0.25) is 14.4 Å². The standard InChI is InChI=1S/C36H47FN4O3/c1-2-41-34(21-31(38-41)19-25-11-13-32(42)14-12-25)26-15-17-39(18-16-26)22-29-23-40(24-33(29)28-9-6-10-30(37)20-28)35(36(43)44)27-7-4-3-5-8-27/h6,9-14,20-21,26-27,29,33,35,42H,2-5,7-8,15-19,22-24H2,1H3,(H,43,44)/t29-,33+,35+/m0/s1. The molecule has 8 heteroatoms. The number of aryl methyl sites for hydroxylation is 1. The number of hydrogen-bond donors (Lipinski definition) is 2. The van der Waals surface area contributed by atoms with Crippen molar-refractivity contribution in [2.75, 3.05) is 32.7 Å². The van der Waals surface area contributed by atoms with Crippen molar-refractivity contribution in [3.05, 3.63) is 82.9 Å². The fourth-order valence-corrected chi connectivity index (χ4v) is 8.26. The summed E-state index contributed by atoms with van der Waals surface area (Å²) in [6.07, 6.45) is 8.27. The molecule has 3 fully saturated rings. The van der Waals surface area contributed by atoms with E-state index in [-0.39, 0.29) is 29.3 Å². The first-order valence-electron chi connectivity index (χ1n) is 16.7. The van der Waals surface area contributed by atoms with Gasteiger partial charge in [0.15, 0.2) is 0 Å². The second kappa shape index (κ2) is 13.8. The summed E-state index contributed by atoms with van der Waals surface area (Å²) in [6, 6.07) is 16.1. The van der Waals surface area contributed by atoms with Crippen molar-refractivity contribution in [2.24, 2.45) is 11.8 Å². The first-order valence-corrected chi connectivity index (χ1v) is 16.7. The molecule has 44 heavy (non-hydrogen) atoms. The highest BCUT2D eigenvalue weighted by atomic mass is 19.1. The monoisotopic (exact) mass is 602 g/mol. The summed E-state index contributed by atoms with van der Waals surface area (Å²) in [6.45, 7) is 7.29. The fraction of sp³-hybridized carbons (Fsp3) is 0.556. The number of carboxylic acids is 1. The molecule has 2 N–H and O–H groups in total. The summed E-state index contributed by atoms with van der Waals surface area (Å²) >= 11 is 0. The van der Waals surface area contributed by atoms with E-state index >= 15 is 0 Å². The molecule has 0 spiro atoms. The zero-order valence-corrected chi connectivity index (χ0v) is 26.0. The van der Waals surface area contributed by atoms with Gasteiger partial charge in [0.05, 0.1) is 5.69 Å². The van der Waals surface area contributed by atoms with E-state index < -0.39 is 12.0 Å². The van der Waals surface area contributed by atoms with Crippen LogP contribution in [0.4, 0.5) is 4.39 Å². The average Bonchev–Trinajstić information content (AvgIpc) is 3.63. The molecule has 7 nitrogen and oxygen atoms in total. The summed E-state index contributed by atoms with van der Waals surface area (Å²) in [5.41, 5.74) is 4.50. The number of benzene rings is 2. The number of phenolic OH excluding ortho intramolecular Hbond substituents is 1. The molecule has 3 heterocycles. The van der Waals surface area contributed by atoms with Gasteiger partial charge in [-0.25, -0.2) is 4.39 Å². The van der Waals surface area contributed by atoms with E-state index in [4.69, 9.17) is 5.10 Å². The number of likely N-dealkylation sites (tertiary alicyclic amines) is 2. The van der Waals surface area contributed by atoms with Crippen molar-refractivity contribution >= 4 is 5.97 Å². The summed E-state index contributed by atoms with van der Waals surface area (Å²) in [4.78, 5) is 17.4. The molecule has 2 aromatic carbocycles. The van der Waals surface area contributed by atoms with Gasteiger partial charge in [-0.1, -0.05) is 43.5 Å². The zero-order chi connectivity index (χ0) is 30.6. The maximum atomic E-state index is 14.4. The molecule has 0 unspecified atom stereocenters. The lowest BCUT2D eigenvalue weighted by Crippen LogP contribution is -2.46. The van der Waals surface area contributed by atoms with Gasteiger partial charge in [0, 0.05) is 50.1 Å². The van der Waals surface area contributed by atoms with Crippen LogP contribution in [0.2, 0.25) is 0 Å². The molecule has 1 aliphatic carbocycles. The Hall–Kier alpha value is -3.23. The van der Waals surface area contributed by atoms with Gasteiger partial charge in [-0.05, 0) is 99.0 Å². The smallest absolute Gasteiger partial charge is 0.321 e. The lowest BCUT2D eigenvalue weighted by atomic mass is 9.83. The Kier molecular flexibility index (Phi) is 9.67. The Labute approximate surface area is 260 Å². The number of halogens is 1. The second-order valence-electron chi connectivity index (χ2n) is 13.4. The van der Waals surface area contributed by atoms with Gasteiger partial charge < -0.3 is 15.1 Å². The van der Waals surface area contributed by atoms with Crippen LogP contribution in [0.15, 0.2) is 54.6 Å². The lowest BCUT2D eigenvalue weighted by Gasteiger charge is -2.35. The molecule has 1 aromatic heterocycles. The number of aromatic hydroxyl groups is 1. The average molecular weight is 603 g/mol. The van der Waals surface area contributed by atoms with E-state index in [0.717, 1.165) is 94.5 Å². The first kappa shape index (κ1) is 30.8.